The van der Waals surface area contributed by atoms with Crippen molar-refractivity contribution in [3.63, 3.8) is 0 Å². The van der Waals surface area contributed by atoms with Crippen molar-refractivity contribution in [3.8, 4) is 0 Å². The number of carbonyl (C=O) groups excluding carboxylic acids is 2. The lowest BCUT2D eigenvalue weighted by Crippen LogP contribution is -2.44. The molecule has 3 rings (SSSR count). The van der Waals surface area contributed by atoms with Crippen molar-refractivity contribution in [1.82, 2.24) is 20.0 Å². The number of nitrogens with one attached hydrogen (secondary N) is 1. The normalized spacial score (nSPS) is 19.6. The first-order valence-corrected chi connectivity index (χ1v) is 10.3. The summed E-state index contributed by atoms with van der Waals surface area (Å²) in [5, 5.41) is 7.35. The van der Waals surface area contributed by atoms with Gasteiger partial charge in [0.05, 0.1) is 18.7 Å². The molecule has 0 bridgehead atoms. The summed E-state index contributed by atoms with van der Waals surface area (Å²) in [5.74, 6) is 0.138. The number of amides is 2. The zero-order valence-corrected chi connectivity index (χ0v) is 18.1. The van der Waals surface area contributed by atoms with Crippen LogP contribution in [0.15, 0.2) is 36.7 Å². The fourth-order valence-corrected chi connectivity index (χ4v) is 4.18. The molecule has 2 amide bonds. The second-order valence-electron chi connectivity index (χ2n) is 8.94. The van der Waals surface area contributed by atoms with Crippen LogP contribution in [0.1, 0.15) is 56.8 Å². The number of hydrogen-bond donors (Lipinski definition) is 1. The molecule has 156 valence electrons. The van der Waals surface area contributed by atoms with Gasteiger partial charge < -0.3 is 10.2 Å². The van der Waals surface area contributed by atoms with E-state index < -0.39 is 0 Å². The number of nitrogens with zero attached hydrogens (tertiary/aromatic N) is 3. The maximum atomic E-state index is 12.8. The Labute approximate surface area is 173 Å². The first-order chi connectivity index (χ1) is 13.7. The maximum Gasteiger partial charge on any atom is 0.224 e. The molecule has 6 nitrogen and oxygen atoms in total. The molecular formula is C23H32N4O2. The first kappa shape index (κ1) is 21.1. The van der Waals surface area contributed by atoms with E-state index in [-0.39, 0.29) is 29.3 Å². The molecule has 2 aromatic rings. The van der Waals surface area contributed by atoms with E-state index in [9.17, 15) is 9.59 Å². The summed E-state index contributed by atoms with van der Waals surface area (Å²) in [6.45, 7) is 8.74. The number of aryl methyl sites for hydroxylation is 2. The van der Waals surface area contributed by atoms with Crippen molar-refractivity contribution in [2.24, 2.45) is 13.0 Å². The van der Waals surface area contributed by atoms with Crippen LogP contribution in [-0.2, 0) is 29.5 Å². The smallest absolute Gasteiger partial charge is 0.224 e. The molecule has 1 aliphatic rings. The summed E-state index contributed by atoms with van der Waals surface area (Å²) >= 11 is 0. The molecule has 1 saturated heterocycles. The van der Waals surface area contributed by atoms with Crippen LogP contribution in [0.3, 0.4) is 0 Å². The van der Waals surface area contributed by atoms with Crippen LogP contribution in [0.5, 0.6) is 0 Å². The van der Waals surface area contributed by atoms with E-state index in [2.05, 4.69) is 50.2 Å². The number of carbonyl (C=O) groups is 2. The van der Waals surface area contributed by atoms with Crippen LogP contribution < -0.4 is 5.32 Å². The summed E-state index contributed by atoms with van der Waals surface area (Å²) in [7, 11) is 1.88. The Morgan fingerprint density at radius 3 is 2.41 bits per heavy atom. The second-order valence-corrected chi connectivity index (χ2v) is 8.94. The molecule has 1 fully saturated rings. The lowest BCUT2D eigenvalue weighted by Gasteiger charge is -2.38. The molecule has 6 heteroatoms. The molecule has 0 aliphatic carbocycles. The van der Waals surface area contributed by atoms with E-state index in [1.54, 1.807) is 4.68 Å². The van der Waals surface area contributed by atoms with Crippen molar-refractivity contribution >= 4 is 11.8 Å². The molecule has 2 heterocycles. The molecule has 0 unspecified atom stereocenters. The summed E-state index contributed by atoms with van der Waals surface area (Å²) in [6.07, 6.45) is 5.56. The van der Waals surface area contributed by atoms with Crippen molar-refractivity contribution < 1.29 is 9.59 Å². The van der Waals surface area contributed by atoms with E-state index in [4.69, 9.17) is 0 Å². The summed E-state index contributed by atoms with van der Waals surface area (Å²) in [4.78, 5) is 27.3. The number of aromatic nitrogens is 2. The Morgan fingerprint density at radius 2 is 1.86 bits per heavy atom. The highest BCUT2D eigenvalue weighted by Crippen LogP contribution is 2.41. The SMILES string of the molecule is CCc1ccc(CC(=O)NC[C@@H]2CC(=O)N(C(C)(C)C)[C@H]2c2cnn(C)c2)cc1. The fourth-order valence-electron chi connectivity index (χ4n) is 4.18. The van der Waals surface area contributed by atoms with Crippen LogP contribution >= 0.6 is 0 Å². The van der Waals surface area contributed by atoms with Gasteiger partial charge in [0.25, 0.3) is 0 Å². The molecule has 1 aromatic heterocycles. The molecule has 1 N–H and O–H groups in total. The third-order valence-electron chi connectivity index (χ3n) is 5.58. The van der Waals surface area contributed by atoms with Crippen molar-refractivity contribution in [1.29, 1.82) is 0 Å². The van der Waals surface area contributed by atoms with E-state index >= 15 is 0 Å². The Hall–Kier alpha value is -2.63. The van der Waals surface area contributed by atoms with Gasteiger partial charge in [-0.1, -0.05) is 31.2 Å². The summed E-state index contributed by atoms with van der Waals surface area (Å²) in [5.41, 5.74) is 2.99. The number of benzene rings is 1. The highest BCUT2D eigenvalue weighted by molar-refractivity contribution is 5.81. The molecule has 0 spiro atoms. The Balaban J connectivity index is 1.69. The van der Waals surface area contributed by atoms with Gasteiger partial charge in [0.1, 0.15) is 0 Å². The van der Waals surface area contributed by atoms with Gasteiger partial charge in [-0.3, -0.25) is 14.3 Å². The summed E-state index contributed by atoms with van der Waals surface area (Å²) in [6, 6.07) is 8.07. The van der Waals surface area contributed by atoms with Crippen molar-refractivity contribution in [3.05, 3.63) is 53.3 Å². The standard InChI is InChI=1S/C23H32N4O2/c1-6-16-7-9-17(10-8-16)11-20(28)24-13-18-12-21(29)27(23(2,3)4)22(18)19-14-25-26(5)15-19/h7-10,14-15,18,22H,6,11-13H2,1-5H3,(H,24,28)/t18-,22+/m0/s1. The van der Waals surface area contributed by atoms with Crippen LogP contribution in [0.2, 0.25) is 0 Å². The van der Waals surface area contributed by atoms with E-state index in [0.717, 1.165) is 17.5 Å². The number of likely N-dealkylation sites (tertiary alicyclic amines) is 1. The lowest BCUT2D eigenvalue weighted by atomic mass is 9.93. The van der Waals surface area contributed by atoms with Gasteiger partial charge in [0.2, 0.25) is 11.8 Å². The van der Waals surface area contributed by atoms with Crippen molar-refractivity contribution in [2.75, 3.05) is 6.54 Å². The molecule has 0 saturated carbocycles. The molecule has 1 aromatic carbocycles. The van der Waals surface area contributed by atoms with E-state index in [0.29, 0.717) is 19.4 Å². The third kappa shape index (κ3) is 4.86. The van der Waals surface area contributed by atoms with Gasteiger partial charge in [-0.15, -0.1) is 0 Å². The zero-order chi connectivity index (χ0) is 21.2. The Kier molecular flexibility index (Phi) is 6.10. The van der Waals surface area contributed by atoms with Crippen LogP contribution in [0.4, 0.5) is 0 Å². The predicted molar refractivity (Wildman–Crippen MR) is 113 cm³/mol. The minimum atomic E-state index is -0.294. The van der Waals surface area contributed by atoms with Gasteiger partial charge in [0, 0.05) is 43.2 Å². The molecule has 0 radical (unpaired) electrons. The third-order valence-corrected chi connectivity index (χ3v) is 5.58. The quantitative estimate of drug-likeness (QED) is 0.816. The van der Waals surface area contributed by atoms with Crippen LogP contribution in [0, 0.1) is 5.92 Å². The molecule has 2 atom stereocenters. The second kappa shape index (κ2) is 8.39. The fraction of sp³-hybridized carbons (Fsp3) is 0.522. The average Bonchev–Trinajstić information content (AvgIpc) is 3.23. The van der Waals surface area contributed by atoms with Gasteiger partial charge in [0.15, 0.2) is 0 Å². The number of hydrogen-bond acceptors (Lipinski definition) is 3. The van der Waals surface area contributed by atoms with Crippen molar-refractivity contribution in [2.45, 2.75) is 58.5 Å². The largest absolute Gasteiger partial charge is 0.355 e. The minimum Gasteiger partial charge on any atom is -0.355 e. The predicted octanol–water partition coefficient (Wildman–Crippen LogP) is 3.03. The van der Waals surface area contributed by atoms with Crippen LogP contribution in [0.25, 0.3) is 0 Å². The van der Waals surface area contributed by atoms with Gasteiger partial charge in [-0.05, 0) is 38.3 Å². The zero-order valence-electron chi connectivity index (χ0n) is 18.1. The topological polar surface area (TPSA) is 67.2 Å². The van der Waals surface area contributed by atoms with Crippen LogP contribution in [-0.4, -0.2) is 38.6 Å². The summed E-state index contributed by atoms with van der Waals surface area (Å²) < 4.78 is 1.76. The maximum absolute atomic E-state index is 12.8. The molecule has 1 aliphatic heterocycles. The highest BCUT2D eigenvalue weighted by atomic mass is 16.2. The highest BCUT2D eigenvalue weighted by Gasteiger charge is 2.45. The van der Waals surface area contributed by atoms with Gasteiger partial charge >= 0.3 is 0 Å². The van der Waals surface area contributed by atoms with E-state index in [1.807, 2.05) is 36.5 Å². The minimum absolute atomic E-state index is 0.0131. The molecule has 29 heavy (non-hydrogen) atoms. The van der Waals surface area contributed by atoms with Gasteiger partial charge in [-0.2, -0.15) is 5.10 Å². The molecular weight excluding hydrogens is 364 g/mol. The Bertz CT molecular complexity index is 864. The Morgan fingerprint density at radius 1 is 1.21 bits per heavy atom. The average molecular weight is 397 g/mol. The van der Waals surface area contributed by atoms with E-state index in [1.165, 1.54) is 5.56 Å². The monoisotopic (exact) mass is 396 g/mol. The lowest BCUT2D eigenvalue weighted by molar-refractivity contribution is -0.133. The first-order valence-electron chi connectivity index (χ1n) is 10.3. The number of rotatable bonds is 6. The van der Waals surface area contributed by atoms with Gasteiger partial charge in [-0.25, -0.2) is 0 Å².